The van der Waals surface area contributed by atoms with E-state index in [4.69, 9.17) is 4.74 Å². The van der Waals surface area contributed by atoms with Gasteiger partial charge < -0.3 is 15.4 Å². The van der Waals surface area contributed by atoms with Gasteiger partial charge in [0.2, 0.25) is 0 Å². The van der Waals surface area contributed by atoms with E-state index in [-0.39, 0.29) is 11.8 Å². The fourth-order valence-electron chi connectivity index (χ4n) is 2.90. The minimum absolute atomic E-state index is 0.208. The fraction of sp³-hybridized carbons (Fsp3) is 0.200. The Morgan fingerprint density at radius 3 is 2.03 bits per heavy atom. The third-order valence-electron chi connectivity index (χ3n) is 4.65. The van der Waals surface area contributed by atoms with Crippen molar-refractivity contribution in [3.8, 4) is 5.75 Å². The first-order valence-electron chi connectivity index (χ1n) is 9.96. The third-order valence-corrected chi connectivity index (χ3v) is 4.65. The van der Waals surface area contributed by atoms with Gasteiger partial charge in [-0.3, -0.25) is 9.59 Å². The quantitative estimate of drug-likeness (QED) is 0.551. The van der Waals surface area contributed by atoms with Crippen LogP contribution >= 0.6 is 0 Å². The van der Waals surface area contributed by atoms with Gasteiger partial charge in [-0.25, -0.2) is 0 Å². The Kier molecular flexibility index (Phi) is 6.86. The summed E-state index contributed by atoms with van der Waals surface area (Å²) in [7, 11) is 0. The Morgan fingerprint density at radius 2 is 1.40 bits per heavy atom. The summed E-state index contributed by atoms with van der Waals surface area (Å²) in [5.41, 5.74) is 2.96. The molecule has 2 N–H and O–H groups in total. The SMILES string of the molecule is CC(Oc1ccc(C(C)C)cc1)C(=O)Nc1cccc(NC(=O)c2ccccc2)c1. The standard InChI is InChI=1S/C25H26N2O3/c1-17(2)19-12-14-23(15-13-19)30-18(3)24(28)26-21-10-7-11-22(16-21)27-25(29)20-8-5-4-6-9-20/h4-18H,1-3H3,(H,26,28)(H,27,29). The van der Waals surface area contributed by atoms with Crippen molar-refractivity contribution in [1.29, 1.82) is 0 Å². The molecule has 0 aliphatic rings. The second kappa shape index (κ2) is 9.74. The monoisotopic (exact) mass is 402 g/mol. The molecule has 3 aromatic rings. The van der Waals surface area contributed by atoms with Gasteiger partial charge in [0.25, 0.3) is 11.8 Å². The van der Waals surface area contributed by atoms with Gasteiger partial charge in [-0.2, -0.15) is 0 Å². The lowest BCUT2D eigenvalue weighted by Crippen LogP contribution is -2.30. The average molecular weight is 402 g/mol. The maximum Gasteiger partial charge on any atom is 0.265 e. The van der Waals surface area contributed by atoms with Crippen molar-refractivity contribution in [3.63, 3.8) is 0 Å². The van der Waals surface area contributed by atoms with E-state index in [1.54, 1.807) is 43.3 Å². The van der Waals surface area contributed by atoms with Gasteiger partial charge in [-0.15, -0.1) is 0 Å². The van der Waals surface area contributed by atoms with Gasteiger partial charge in [-0.05, 0) is 60.9 Å². The summed E-state index contributed by atoms with van der Waals surface area (Å²) in [4.78, 5) is 24.8. The van der Waals surface area contributed by atoms with Crippen molar-refractivity contribution in [2.24, 2.45) is 0 Å². The van der Waals surface area contributed by atoms with E-state index in [1.165, 1.54) is 5.56 Å². The number of nitrogens with one attached hydrogen (secondary N) is 2. The van der Waals surface area contributed by atoms with Crippen LogP contribution in [0.3, 0.4) is 0 Å². The molecule has 3 aromatic carbocycles. The maximum absolute atomic E-state index is 12.5. The number of ether oxygens (including phenoxy) is 1. The topological polar surface area (TPSA) is 67.4 Å². The second-order valence-corrected chi connectivity index (χ2v) is 7.37. The fourth-order valence-corrected chi connectivity index (χ4v) is 2.90. The molecular formula is C25H26N2O3. The molecule has 2 amide bonds. The normalized spacial score (nSPS) is 11.6. The van der Waals surface area contributed by atoms with Crippen LogP contribution in [0.1, 0.15) is 42.6 Å². The van der Waals surface area contributed by atoms with Crippen LogP contribution in [-0.4, -0.2) is 17.9 Å². The average Bonchev–Trinajstić information content (AvgIpc) is 2.75. The Morgan fingerprint density at radius 1 is 0.767 bits per heavy atom. The summed E-state index contributed by atoms with van der Waals surface area (Å²) >= 11 is 0. The van der Waals surface area contributed by atoms with Crippen LogP contribution in [0.5, 0.6) is 5.75 Å². The maximum atomic E-state index is 12.5. The summed E-state index contributed by atoms with van der Waals surface area (Å²) in [6.07, 6.45) is -0.669. The summed E-state index contributed by atoms with van der Waals surface area (Å²) < 4.78 is 5.75. The molecule has 30 heavy (non-hydrogen) atoms. The van der Waals surface area contributed by atoms with Gasteiger partial charge in [-0.1, -0.05) is 50.2 Å². The van der Waals surface area contributed by atoms with Crippen LogP contribution in [0.2, 0.25) is 0 Å². The molecule has 0 saturated carbocycles. The molecule has 0 bridgehead atoms. The molecule has 154 valence electrons. The van der Waals surface area contributed by atoms with Crippen LogP contribution in [0.25, 0.3) is 0 Å². The van der Waals surface area contributed by atoms with E-state index in [0.717, 1.165) is 0 Å². The van der Waals surface area contributed by atoms with E-state index in [1.807, 2.05) is 42.5 Å². The Balaban J connectivity index is 1.59. The first-order valence-corrected chi connectivity index (χ1v) is 9.96. The molecule has 1 unspecified atom stereocenters. The van der Waals surface area contributed by atoms with Crippen molar-refractivity contribution in [2.75, 3.05) is 10.6 Å². The minimum atomic E-state index is -0.669. The lowest BCUT2D eigenvalue weighted by atomic mass is 10.0. The van der Waals surface area contributed by atoms with Gasteiger partial charge in [0.1, 0.15) is 5.75 Å². The molecule has 0 radical (unpaired) electrons. The number of benzene rings is 3. The second-order valence-electron chi connectivity index (χ2n) is 7.37. The van der Waals surface area contributed by atoms with Crippen LogP contribution in [-0.2, 0) is 4.79 Å². The number of amides is 2. The van der Waals surface area contributed by atoms with E-state index in [9.17, 15) is 9.59 Å². The Bertz CT molecular complexity index is 998. The van der Waals surface area contributed by atoms with Crippen molar-refractivity contribution in [3.05, 3.63) is 90.0 Å². The van der Waals surface area contributed by atoms with E-state index in [2.05, 4.69) is 24.5 Å². The highest BCUT2D eigenvalue weighted by atomic mass is 16.5. The minimum Gasteiger partial charge on any atom is -0.481 e. The van der Waals surface area contributed by atoms with Crippen molar-refractivity contribution in [2.45, 2.75) is 32.8 Å². The lowest BCUT2D eigenvalue weighted by molar-refractivity contribution is -0.122. The van der Waals surface area contributed by atoms with Gasteiger partial charge in [0.15, 0.2) is 6.10 Å². The smallest absolute Gasteiger partial charge is 0.265 e. The van der Waals surface area contributed by atoms with E-state index in [0.29, 0.717) is 28.6 Å². The Hall–Kier alpha value is -3.60. The summed E-state index contributed by atoms with van der Waals surface area (Å²) in [6, 6.07) is 23.7. The van der Waals surface area contributed by atoms with Crippen LogP contribution in [0, 0.1) is 0 Å². The zero-order chi connectivity index (χ0) is 21.5. The molecule has 0 aliphatic heterocycles. The van der Waals surface area contributed by atoms with Gasteiger partial charge >= 0.3 is 0 Å². The van der Waals surface area contributed by atoms with Crippen molar-refractivity contribution < 1.29 is 14.3 Å². The predicted molar refractivity (Wildman–Crippen MR) is 120 cm³/mol. The number of rotatable bonds is 7. The van der Waals surface area contributed by atoms with Crippen molar-refractivity contribution >= 4 is 23.2 Å². The number of carbonyl (C=O) groups excluding carboxylic acids is 2. The van der Waals surface area contributed by atoms with E-state index < -0.39 is 6.10 Å². The molecule has 0 saturated heterocycles. The zero-order valence-corrected chi connectivity index (χ0v) is 17.4. The molecule has 5 heteroatoms. The molecular weight excluding hydrogens is 376 g/mol. The molecule has 0 fully saturated rings. The zero-order valence-electron chi connectivity index (χ0n) is 17.4. The number of carbonyl (C=O) groups is 2. The highest BCUT2D eigenvalue weighted by Gasteiger charge is 2.15. The highest BCUT2D eigenvalue weighted by Crippen LogP contribution is 2.20. The molecule has 1 atom stereocenters. The molecule has 3 rings (SSSR count). The van der Waals surface area contributed by atoms with Crippen LogP contribution < -0.4 is 15.4 Å². The van der Waals surface area contributed by atoms with Gasteiger partial charge in [0, 0.05) is 16.9 Å². The van der Waals surface area contributed by atoms with Crippen molar-refractivity contribution in [1.82, 2.24) is 0 Å². The number of hydrogen-bond acceptors (Lipinski definition) is 3. The summed E-state index contributed by atoms with van der Waals surface area (Å²) in [5, 5.41) is 5.66. The molecule has 0 aromatic heterocycles. The first-order chi connectivity index (χ1) is 14.4. The summed E-state index contributed by atoms with van der Waals surface area (Å²) in [6.45, 7) is 5.96. The van der Waals surface area contributed by atoms with E-state index >= 15 is 0 Å². The van der Waals surface area contributed by atoms with Crippen LogP contribution in [0.4, 0.5) is 11.4 Å². The third kappa shape index (κ3) is 5.70. The Labute approximate surface area is 177 Å². The van der Waals surface area contributed by atoms with Gasteiger partial charge in [0.05, 0.1) is 0 Å². The largest absolute Gasteiger partial charge is 0.481 e. The molecule has 5 nitrogen and oxygen atoms in total. The molecule has 0 heterocycles. The molecule has 0 aliphatic carbocycles. The summed E-state index contributed by atoms with van der Waals surface area (Å²) in [5.74, 6) is 0.607. The number of hydrogen-bond donors (Lipinski definition) is 2. The predicted octanol–water partition coefficient (Wildman–Crippen LogP) is 5.47. The van der Waals surface area contributed by atoms with Crippen LogP contribution in [0.15, 0.2) is 78.9 Å². The molecule has 0 spiro atoms. The highest BCUT2D eigenvalue weighted by molar-refractivity contribution is 6.04. The number of anilines is 2. The first kappa shape index (κ1) is 21.1. The lowest BCUT2D eigenvalue weighted by Gasteiger charge is -2.16.